The van der Waals surface area contributed by atoms with Crippen molar-refractivity contribution < 1.29 is 18.0 Å². The zero-order valence-corrected chi connectivity index (χ0v) is 25.8. The fourth-order valence-electron chi connectivity index (χ4n) is 3.91. The summed E-state index contributed by atoms with van der Waals surface area (Å²) in [5, 5.41) is 3.70. The largest absolute Gasteiger partial charge is 0.352 e. The van der Waals surface area contributed by atoms with Crippen LogP contribution in [0, 0.1) is 6.92 Å². The van der Waals surface area contributed by atoms with Crippen LogP contribution in [0.3, 0.4) is 0 Å². The van der Waals surface area contributed by atoms with Gasteiger partial charge in [-0.2, -0.15) is 0 Å². The van der Waals surface area contributed by atoms with Gasteiger partial charge >= 0.3 is 0 Å². The first kappa shape index (κ1) is 31.7. The number of nitrogens with one attached hydrogen (secondary N) is 1. The van der Waals surface area contributed by atoms with Crippen LogP contribution < -0.4 is 9.62 Å². The Hall–Kier alpha value is -2.78. The van der Waals surface area contributed by atoms with Crippen LogP contribution in [0.15, 0.2) is 71.6 Å². The van der Waals surface area contributed by atoms with Crippen LogP contribution in [0.25, 0.3) is 0 Å². The van der Waals surface area contributed by atoms with Crippen LogP contribution in [-0.2, 0) is 26.2 Å². The third kappa shape index (κ3) is 7.91. The molecule has 3 aromatic carbocycles. The zero-order chi connectivity index (χ0) is 29.6. The van der Waals surface area contributed by atoms with Gasteiger partial charge in [-0.15, -0.1) is 0 Å². The minimum absolute atomic E-state index is 0.0223. The molecular weight excluding hydrogens is 593 g/mol. The molecule has 40 heavy (non-hydrogen) atoms. The summed E-state index contributed by atoms with van der Waals surface area (Å²) >= 11 is 18.8. The van der Waals surface area contributed by atoms with Crippen LogP contribution in [0.5, 0.6) is 0 Å². The van der Waals surface area contributed by atoms with Crippen molar-refractivity contribution in [2.24, 2.45) is 0 Å². The van der Waals surface area contributed by atoms with Gasteiger partial charge in [-0.05, 0) is 75.2 Å². The monoisotopic (exact) mass is 623 g/mol. The van der Waals surface area contributed by atoms with Crippen molar-refractivity contribution in [2.45, 2.75) is 57.6 Å². The summed E-state index contributed by atoms with van der Waals surface area (Å²) in [4.78, 5) is 28.4. The van der Waals surface area contributed by atoms with Gasteiger partial charge in [0.2, 0.25) is 11.8 Å². The minimum Gasteiger partial charge on any atom is -0.352 e. The molecule has 2 amide bonds. The predicted octanol–water partition coefficient (Wildman–Crippen LogP) is 6.48. The number of hydrogen-bond acceptors (Lipinski definition) is 4. The summed E-state index contributed by atoms with van der Waals surface area (Å²) in [7, 11) is -4.27. The van der Waals surface area contributed by atoms with E-state index in [0.717, 1.165) is 9.87 Å². The molecule has 3 rings (SSSR count). The summed E-state index contributed by atoms with van der Waals surface area (Å²) in [6.45, 7) is 6.64. The summed E-state index contributed by atoms with van der Waals surface area (Å²) in [5.41, 5.74) is 1.59. The van der Waals surface area contributed by atoms with Gasteiger partial charge in [0.05, 0.1) is 15.6 Å². The molecule has 0 aliphatic rings. The molecule has 11 heteroatoms. The Bertz CT molecular complexity index is 1470. The highest BCUT2D eigenvalue weighted by molar-refractivity contribution is 7.92. The van der Waals surface area contributed by atoms with E-state index in [1.165, 1.54) is 35.2 Å². The van der Waals surface area contributed by atoms with Gasteiger partial charge in [0, 0.05) is 22.6 Å². The number of sulfonamides is 1. The Labute approximate surface area is 251 Å². The smallest absolute Gasteiger partial charge is 0.264 e. The fraction of sp³-hybridized carbons (Fsp3) is 0.310. The highest BCUT2D eigenvalue weighted by atomic mass is 35.5. The number of anilines is 1. The van der Waals surface area contributed by atoms with Crippen LogP contribution in [-0.4, -0.2) is 43.8 Å². The van der Waals surface area contributed by atoms with Crippen LogP contribution >= 0.6 is 34.8 Å². The first-order chi connectivity index (χ1) is 18.8. The molecule has 0 fully saturated rings. The van der Waals surface area contributed by atoms with Gasteiger partial charge in [0.1, 0.15) is 12.6 Å². The number of hydrogen-bond donors (Lipinski definition) is 1. The Morgan fingerprint density at radius 3 is 2.20 bits per heavy atom. The number of rotatable bonds is 11. The standard InChI is InChI=1S/C29H32Cl3N3O4S/c1-5-20(3)33-29(37)21(4)34(17-22-7-6-8-23(30)15-22)28(36)18-35(27-16-24(31)11-14-26(27)32)40(38,39)25-12-9-19(2)10-13-25/h6-16,20-21H,5,17-18H2,1-4H3,(H,33,37). The maximum atomic E-state index is 14.0. The lowest BCUT2D eigenvalue weighted by Gasteiger charge is -2.32. The summed E-state index contributed by atoms with van der Waals surface area (Å²) < 4.78 is 28.8. The third-order valence-corrected chi connectivity index (χ3v) is 9.04. The second kappa shape index (κ2) is 13.7. The molecule has 0 heterocycles. The van der Waals surface area contributed by atoms with Crippen LogP contribution in [0.4, 0.5) is 5.69 Å². The van der Waals surface area contributed by atoms with Gasteiger partial charge in [0.25, 0.3) is 10.0 Å². The molecule has 2 atom stereocenters. The highest BCUT2D eigenvalue weighted by Crippen LogP contribution is 2.33. The second-order valence-electron chi connectivity index (χ2n) is 9.57. The SMILES string of the molecule is CCC(C)NC(=O)C(C)N(Cc1cccc(Cl)c1)C(=O)CN(c1cc(Cl)ccc1Cl)S(=O)(=O)c1ccc(C)cc1. The van der Waals surface area contributed by atoms with Crippen LogP contribution in [0.2, 0.25) is 15.1 Å². The first-order valence-electron chi connectivity index (χ1n) is 12.7. The van der Waals surface area contributed by atoms with E-state index in [2.05, 4.69) is 5.32 Å². The normalized spacial score (nSPS) is 12.9. The molecule has 3 aromatic rings. The number of carbonyl (C=O) groups excluding carboxylic acids is 2. The lowest BCUT2D eigenvalue weighted by molar-refractivity contribution is -0.139. The number of nitrogens with zero attached hydrogens (tertiary/aromatic N) is 2. The second-order valence-corrected chi connectivity index (χ2v) is 12.7. The first-order valence-corrected chi connectivity index (χ1v) is 15.3. The van der Waals surface area contributed by atoms with Crippen molar-refractivity contribution in [3.8, 4) is 0 Å². The van der Waals surface area contributed by atoms with Gasteiger partial charge < -0.3 is 10.2 Å². The molecule has 2 unspecified atom stereocenters. The van der Waals surface area contributed by atoms with E-state index in [4.69, 9.17) is 34.8 Å². The molecule has 7 nitrogen and oxygen atoms in total. The van der Waals surface area contributed by atoms with Crippen molar-refractivity contribution in [2.75, 3.05) is 10.8 Å². The lowest BCUT2D eigenvalue weighted by Crippen LogP contribution is -2.52. The predicted molar refractivity (Wildman–Crippen MR) is 162 cm³/mol. The Morgan fingerprint density at radius 1 is 0.925 bits per heavy atom. The zero-order valence-electron chi connectivity index (χ0n) is 22.7. The van der Waals surface area contributed by atoms with Crippen molar-refractivity contribution in [3.05, 3.63) is 92.9 Å². The summed E-state index contributed by atoms with van der Waals surface area (Å²) in [5.74, 6) is -0.975. The van der Waals surface area contributed by atoms with Crippen molar-refractivity contribution >= 4 is 62.3 Å². The number of aryl methyl sites for hydroxylation is 1. The van der Waals surface area contributed by atoms with Crippen molar-refractivity contribution in [1.29, 1.82) is 0 Å². The van der Waals surface area contributed by atoms with E-state index in [1.54, 1.807) is 43.3 Å². The third-order valence-electron chi connectivity index (χ3n) is 6.47. The average molecular weight is 625 g/mol. The maximum Gasteiger partial charge on any atom is 0.264 e. The highest BCUT2D eigenvalue weighted by Gasteiger charge is 2.33. The molecular formula is C29H32Cl3N3O4S. The summed E-state index contributed by atoms with van der Waals surface area (Å²) in [6.07, 6.45) is 0.705. The molecule has 0 aliphatic carbocycles. The maximum absolute atomic E-state index is 14.0. The fourth-order valence-corrected chi connectivity index (χ4v) is 5.98. The van der Waals surface area contributed by atoms with Gasteiger partial charge in [-0.3, -0.25) is 13.9 Å². The van der Waals surface area contributed by atoms with E-state index >= 15 is 0 Å². The molecule has 0 aliphatic heterocycles. The van der Waals surface area contributed by atoms with Gasteiger partial charge in [0.15, 0.2) is 0 Å². The van der Waals surface area contributed by atoms with Gasteiger partial charge in [-0.1, -0.05) is 71.6 Å². The molecule has 0 spiro atoms. The average Bonchev–Trinajstić information content (AvgIpc) is 2.91. The topological polar surface area (TPSA) is 86.8 Å². The Morgan fingerprint density at radius 2 is 1.57 bits per heavy atom. The molecule has 0 saturated carbocycles. The van der Waals surface area contributed by atoms with Crippen molar-refractivity contribution in [1.82, 2.24) is 10.2 Å². The van der Waals surface area contributed by atoms with E-state index in [1.807, 2.05) is 20.8 Å². The molecule has 214 valence electrons. The van der Waals surface area contributed by atoms with Crippen molar-refractivity contribution in [3.63, 3.8) is 0 Å². The van der Waals surface area contributed by atoms with Gasteiger partial charge in [-0.25, -0.2) is 8.42 Å². The molecule has 0 radical (unpaired) electrons. The molecule has 0 saturated heterocycles. The Kier molecular flexibility index (Phi) is 10.9. The summed E-state index contributed by atoms with van der Waals surface area (Å²) in [6, 6.07) is 16.5. The molecule has 0 bridgehead atoms. The van der Waals surface area contributed by atoms with E-state index in [9.17, 15) is 18.0 Å². The number of halogens is 3. The molecule has 1 N–H and O–H groups in total. The lowest BCUT2D eigenvalue weighted by atomic mass is 10.1. The minimum atomic E-state index is -4.27. The Balaban J connectivity index is 2.07. The van der Waals surface area contributed by atoms with E-state index in [0.29, 0.717) is 17.0 Å². The molecule has 0 aromatic heterocycles. The van der Waals surface area contributed by atoms with E-state index < -0.39 is 28.5 Å². The van der Waals surface area contributed by atoms with Crippen LogP contribution in [0.1, 0.15) is 38.3 Å². The quantitative estimate of drug-likeness (QED) is 0.265. The number of amides is 2. The number of carbonyl (C=O) groups is 2. The number of benzene rings is 3. The van der Waals surface area contributed by atoms with E-state index in [-0.39, 0.29) is 39.1 Å².